The van der Waals surface area contributed by atoms with Crippen molar-refractivity contribution < 1.29 is 14.3 Å². The van der Waals surface area contributed by atoms with E-state index in [0.717, 1.165) is 28.2 Å². The average molecular weight is 354 g/mol. The summed E-state index contributed by atoms with van der Waals surface area (Å²) in [5, 5.41) is 3.96. The summed E-state index contributed by atoms with van der Waals surface area (Å²) in [6, 6.07) is 13.5. The quantitative estimate of drug-likeness (QED) is 0.575. The molecule has 0 radical (unpaired) electrons. The van der Waals surface area contributed by atoms with Crippen LogP contribution in [0.2, 0.25) is 0 Å². The van der Waals surface area contributed by atoms with Gasteiger partial charge in [0.25, 0.3) is 5.91 Å². The molecule has 0 bridgehead atoms. The molecule has 5 nitrogen and oxygen atoms in total. The maximum atomic E-state index is 11.9. The molecule has 26 heavy (non-hydrogen) atoms. The zero-order valence-corrected chi connectivity index (χ0v) is 15.8. The molecular formula is C21H26N2O3. The number of hydrogen-bond acceptors (Lipinski definition) is 4. The summed E-state index contributed by atoms with van der Waals surface area (Å²) < 4.78 is 11.1. The van der Waals surface area contributed by atoms with Gasteiger partial charge in [-0.05, 0) is 66.8 Å². The first kappa shape index (κ1) is 19.5. The largest absolute Gasteiger partial charge is 0.494 e. The Morgan fingerprint density at radius 2 is 1.88 bits per heavy atom. The van der Waals surface area contributed by atoms with Crippen molar-refractivity contribution in [2.45, 2.75) is 33.6 Å². The number of benzene rings is 2. The van der Waals surface area contributed by atoms with Crippen LogP contribution in [0.5, 0.6) is 11.5 Å². The highest BCUT2D eigenvalue weighted by atomic mass is 16.5. The third-order valence-electron chi connectivity index (χ3n) is 3.74. The van der Waals surface area contributed by atoms with Crippen LogP contribution in [-0.4, -0.2) is 25.3 Å². The summed E-state index contributed by atoms with van der Waals surface area (Å²) in [7, 11) is 0. The number of nitrogens with one attached hydrogen (secondary N) is 1. The van der Waals surface area contributed by atoms with Crippen molar-refractivity contribution in [1.29, 1.82) is 0 Å². The normalized spacial score (nSPS) is 11.0. The van der Waals surface area contributed by atoms with E-state index in [1.54, 1.807) is 6.21 Å². The van der Waals surface area contributed by atoms with Crippen LogP contribution in [0.1, 0.15) is 43.4 Å². The zero-order valence-electron chi connectivity index (χ0n) is 15.8. The van der Waals surface area contributed by atoms with Crippen molar-refractivity contribution in [3.8, 4) is 11.5 Å². The third kappa shape index (κ3) is 5.92. The number of nitrogens with zero attached hydrogens (tertiary/aromatic N) is 1. The molecule has 0 unspecified atom stereocenters. The van der Waals surface area contributed by atoms with Crippen molar-refractivity contribution in [2.24, 2.45) is 5.10 Å². The third-order valence-corrected chi connectivity index (χ3v) is 3.74. The summed E-state index contributed by atoms with van der Waals surface area (Å²) in [6.07, 6.45) is 1.58. The molecule has 0 aromatic heterocycles. The fourth-order valence-corrected chi connectivity index (χ4v) is 2.41. The molecule has 0 aliphatic rings. The molecule has 0 aliphatic carbocycles. The average Bonchev–Trinajstić information content (AvgIpc) is 2.61. The minimum absolute atomic E-state index is 0.0796. The lowest BCUT2D eigenvalue weighted by Crippen LogP contribution is -2.25. The van der Waals surface area contributed by atoms with Gasteiger partial charge in [-0.3, -0.25) is 4.79 Å². The van der Waals surface area contributed by atoms with Gasteiger partial charge in [-0.15, -0.1) is 0 Å². The summed E-state index contributed by atoms with van der Waals surface area (Å²) in [5.41, 5.74) is 5.53. The molecule has 0 fully saturated rings. The molecule has 2 rings (SSSR count). The molecular weight excluding hydrogens is 328 g/mol. The van der Waals surface area contributed by atoms with Gasteiger partial charge in [0.05, 0.1) is 12.8 Å². The molecule has 2 aromatic rings. The van der Waals surface area contributed by atoms with E-state index in [1.807, 2.05) is 56.3 Å². The second-order valence-electron chi connectivity index (χ2n) is 6.28. The van der Waals surface area contributed by atoms with Crippen molar-refractivity contribution in [1.82, 2.24) is 5.43 Å². The number of carbonyl (C=O) groups excluding carboxylic acids is 1. The van der Waals surface area contributed by atoms with E-state index >= 15 is 0 Å². The van der Waals surface area contributed by atoms with Gasteiger partial charge in [-0.1, -0.05) is 26.0 Å². The molecule has 1 amide bonds. The predicted molar refractivity (Wildman–Crippen MR) is 104 cm³/mol. The first-order valence-electron chi connectivity index (χ1n) is 8.77. The highest BCUT2D eigenvalue weighted by Gasteiger charge is 2.10. The molecule has 138 valence electrons. The Balaban J connectivity index is 1.86. The van der Waals surface area contributed by atoms with E-state index in [0.29, 0.717) is 12.5 Å². The minimum Gasteiger partial charge on any atom is -0.494 e. The monoisotopic (exact) mass is 354 g/mol. The van der Waals surface area contributed by atoms with Crippen LogP contribution in [0.3, 0.4) is 0 Å². The first-order valence-corrected chi connectivity index (χ1v) is 8.77. The van der Waals surface area contributed by atoms with Gasteiger partial charge in [0, 0.05) is 0 Å². The van der Waals surface area contributed by atoms with Crippen LogP contribution in [0.25, 0.3) is 0 Å². The maximum absolute atomic E-state index is 11.9. The topological polar surface area (TPSA) is 59.9 Å². The Morgan fingerprint density at radius 1 is 1.15 bits per heavy atom. The highest BCUT2D eigenvalue weighted by Crippen LogP contribution is 2.27. The SMILES string of the molecule is CCOc1ccc(C=NNC(=O)COc2cc(C)ccc2C(C)C)cc1. The molecule has 1 N–H and O–H groups in total. The fourth-order valence-electron chi connectivity index (χ4n) is 2.41. The van der Waals surface area contributed by atoms with Crippen LogP contribution in [0.4, 0.5) is 0 Å². The smallest absolute Gasteiger partial charge is 0.277 e. The van der Waals surface area contributed by atoms with E-state index in [4.69, 9.17) is 9.47 Å². The summed E-state index contributed by atoms with van der Waals surface area (Å²) in [5.74, 6) is 1.57. The first-order chi connectivity index (χ1) is 12.5. The lowest BCUT2D eigenvalue weighted by Gasteiger charge is -2.14. The van der Waals surface area contributed by atoms with Gasteiger partial charge in [-0.25, -0.2) is 5.43 Å². The number of aryl methyl sites for hydroxylation is 1. The Labute approximate surface area is 155 Å². The molecule has 2 aromatic carbocycles. The molecule has 0 aliphatic heterocycles. The molecule has 0 atom stereocenters. The molecule has 0 saturated carbocycles. The number of hydrogen-bond donors (Lipinski definition) is 1. The lowest BCUT2D eigenvalue weighted by atomic mass is 10.0. The zero-order chi connectivity index (χ0) is 18.9. The van der Waals surface area contributed by atoms with Crippen LogP contribution in [-0.2, 0) is 4.79 Å². The number of hydrazone groups is 1. The molecule has 5 heteroatoms. The Hall–Kier alpha value is -2.82. The Bertz CT molecular complexity index is 752. The van der Waals surface area contributed by atoms with Crippen LogP contribution in [0, 0.1) is 6.92 Å². The van der Waals surface area contributed by atoms with Crippen molar-refractivity contribution in [3.63, 3.8) is 0 Å². The number of rotatable bonds is 8. The van der Waals surface area contributed by atoms with E-state index < -0.39 is 0 Å². The Morgan fingerprint density at radius 3 is 2.54 bits per heavy atom. The van der Waals surface area contributed by atoms with Crippen molar-refractivity contribution >= 4 is 12.1 Å². The number of ether oxygens (including phenoxy) is 2. The number of carbonyl (C=O) groups is 1. The predicted octanol–water partition coefficient (Wildman–Crippen LogP) is 4.05. The van der Waals surface area contributed by atoms with E-state index in [1.165, 1.54) is 0 Å². The summed E-state index contributed by atoms with van der Waals surface area (Å²) in [4.78, 5) is 11.9. The highest BCUT2D eigenvalue weighted by molar-refractivity contribution is 5.83. The molecule has 0 heterocycles. The Kier molecular flexibility index (Phi) is 7.21. The van der Waals surface area contributed by atoms with Crippen molar-refractivity contribution in [2.75, 3.05) is 13.2 Å². The summed E-state index contributed by atoms with van der Waals surface area (Å²) in [6.45, 7) is 8.68. The minimum atomic E-state index is -0.302. The fraction of sp³-hybridized carbons (Fsp3) is 0.333. The standard InChI is InChI=1S/C21H26N2O3/c1-5-25-18-9-7-17(8-10-18)13-22-23-21(24)14-26-20-12-16(4)6-11-19(20)15(2)3/h6-13,15H,5,14H2,1-4H3,(H,23,24). The van der Waals surface area contributed by atoms with Gasteiger partial charge < -0.3 is 9.47 Å². The molecule has 0 spiro atoms. The van der Waals surface area contributed by atoms with E-state index in [2.05, 4.69) is 24.4 Å². The van der Waals surface area contributed by atoms with Gasteiger partial charge in [-0.2, -0.15) is 5.10 Å². The van der Waals surface area contributed by atoms with Crippen LogP contribution >= 0.6 is 0 Å². The van der Waals surface area contributed by atoms with E-state index in [-0.39, 0.29) is 12.5 Å². The van der Waals surface area contributed by atoms with Crippen molar-refractivity contribution in [3.05, 3.63) is 59.2 Å². The van der Waals surface area contributed by atoms with Gasteiger partial charge in [0.1, 0.15) is 11.5 Å². The maximum Gasteiger partial charge on any atom is 0.277 e. The van der Waals surface area contributed by atoms with Crippen LogP contribution in [0.15, 0.2) is 47.6 Å². The molecule has 0 saturated heterocycles. The van der Waals surface area contributed by atoms with Gasteiger partial charge >= 0.3 is 0 Å². The van der Waals surface area contributed by atoms with Gasteiger partial charge in [0.2, 0.25) is 0 Å². The second-order valence-corrected chi connectivity index (χ2v) is 6.28. The van der Waals surface area contributed by atoms with E-state index in [9.17, 15) is 4.79 Å². The van der Waals surface area contributed by atoms with Crippen LogP contribution < -0.4 is 14.9 Å². The summed E-state index contributed by atoms with van der Waals surface area (Å²) >= 11 is 0. The number of amides is 1. The van der Waals surface area contributed by atoms with Gasteiger partial charge in [0.15, 0.2) is 6.61 Å². The second kappa shape index (κ2) is 9.61. The lowest BCUT2D eigenvalue weighted by molar-refractivity contribution is -0.123.